The first-order valence-corrected chi connectivity index (χ1v) is 12.7. The van der Waals surface area contributed by atoms with E-state index in [1.807, 2.05) is 43.1 Å². The van der Waals surface area contributed by atoms with E-state index in [1.165, 1.54) is 17.2 Å². The third-order valence-corrected chi connectivity index (χ3v) is 6.74. The first kappa shape index (κ1) is 30.2. The number of fused-ring (bicyclic) bond motifs is 1. The average molecular weight is 558 g/mol. The number of anilines is 1. The molecule has 212 valence electrons. The highest BCUT2D eigenvalue weighted by Crippen LogP contribution is 2.29. The summed E-state index contributed by atoms with van der Waals surface area (Å²) >= 11 is 0. The van der Waals surface area contributed by atoms with Gasteiger partial charge in [0, 0.05) is 37.1 Å². The number of pyridine rings is 1. The second-order valence-electron chi connectivity index (χ2n) is 9.36. The number of rotatable bonds is 9. The quantitative estimate of drug-likeness (QED) is 0.170. The van der Waals surface area contributed by atoms with Crippen LogP contribution in [0.4, 0.5) is 19.0 Å². The Bertz CT molecular complexity index is 1360. The molecule has 0 fully saturated rings. The van der Waals surface area contributed by atoms with E-state index in [-0.39, 0.29) is 36.6 Å². The Morgan fingerprint density at radius 2 is 1.85 bits per heavy atom. The van der Waals surface area contributed by atoms with Crippen molar-refractivity contribution in [1.82, 2.24) is 4.90 Å². The van der Waals surface area contributed by atoms with Crippen LogP contribution in [-0.4, -0.2) is 37.2 Å². The number of carbonyl (C=O) groups is 1. The molecule has 0 saturated carbocycles. The smallest absolute Gasteiger partial charge is 0.373 e. The minimum atomic E-state index is -1.54. The van der Waals surface area contributed by atoms with Gasteiger partial charge in [0.2, 0.25) is 5.91 Å². The highest BCUT2D eigenvalue weighted by molar-refractivity contribution is 5.80. The molecule has 1 aliphatic rings. The summed E-state index contributed by atoms with van der Waals surface area (Å²) in [4.78, 5) is 32.8. The molecule has 0 aliphatic carbocycles. The van der Waals surface area contributed by atoms with Gasteiger partial charge in [-0.2, -0.15) is 9.59 Å². The van der Waals surface area contributed by atoms with Crippen molar-refractivity contribution in [3.05, 3.63) is 94.1 Å². The van der Waals surface area contributed by atoms with Crippen LogP contribution in [0.25, 0.3) is 0 Å². The molecule has 2 aromatic carbocycles. The van der Waals surface area contributed by atoms with E-state index in [2.05, 4.69) is 0 Å². The van der Waals surface area contributed by atoms with Crippen LogP contribution in [0, 0.1) is 28.6 Å². The molecule has 1 aromatic heterocycles. The molecule has 1 amide bonds. The lowest BCUT2D eigenvalue weighted by molar-refractivity contribution is -0.592. The normalized spacial score (nSPS) is 14.4. The Labute approximate surface area is 230 Å². The number of nitrogens with zero attached hydrogens (tertiary/aromatic N) is 3. The van der Waals surface area contributed by atoms with Gasteiger partial charge in [-0.1, -0.05) is 25.1 Å². The molecule has 1 atom stereocenters. The molecule has 0 spiro atoms. The topological polar surface area (TPSA) is 93.9 Å². The molecule has 0 N–H and O–H groups in total. The van der Waals surface area contributed by atoms with Crippen molar-refractivity contribution in [3.8, 4) is 5.75 Å². The Morgan fingerprint density at radius 1 is 1.10 bits per heavy atom. The number of aromatic nitrogens is 1. The number of carbonyl (C=O) groups excluding carboxylic acids is 3. The van der Waals surface area contributed by atoms with E-state index >= 15 is 0 Å². The SMILES string of the molecule is CCC1Cc2ccc(OCCCN(C)c3cccc[n+]3[O-])cc2CN(Cc2ccc(F)c(F)c2F)C1=O.O=C=O. The zero-order valence-electron chi connectivity index (χ0n) is 22.2. The highest BCUT2D eigenvalue weighted by Gasteiger charge is 2.30. The summed E-state index contributed by atoms with van der Waals surface area (Å²) in [5.41, 5.74) is 1.81. The maximum atomic E-state index is 14.4. The number of amides is 1. The Balaban J connectivity index is 0.00000141. The lowest BCUT2D eigenvalue weighted by atomic mass is 9.95. The van der Waals surface area contributed by atoms with Gasteiger partial charge in [-0.3, -0.25) is 9.69 Å². The zero-order chi connectivity index (χ0) is 29.2. The van der Waals surface area contributed by atoms with Gasteiger partial charge in [0.1, 0.15) is 5.75 Å². The number of halogens is 3. The Morgan fingerprint density at radius 3 is 2.55 bits per heavy atom. The standard InChI is InChI=1S/C28H30F3N3O3.CO2/c1-3-19-15-20-8-10-23(37-14-6-12-32(2)25-7-4-5-13-34(25)36)16-22(20)18-33(28(19)35)17-21-9-11-24(29)27(31)26(21)30;2-1-3/h4-5,7-11,13,16,19H,3,6,12,14-15,17-18H2,1-2H3;. The molecule has 8 nitrogen and oxygen atoms in total. The second-order valence-corrected chi connectivity index (χ2v) is 9.36. The van der Waals surface area contributed by atoms with Crippen LogP contribution in [0.3, 0.4) is 0 Å². The summed E-state index contributed by atoms with van der Waals surface area (Å²) in [7, 11) is 1.84. The predicted octanol–water partition coefficient (Wildman–Crippen LogP) is 4.17. The van der Waals surface area contributed by atoms with Crippen molar-refractivity contribution in [1.29, 1.82) is 0 Å². The molecular formula is C29H30F3N3O5. The molecule has 11 heteroatoms. The van der Waals surface area contributed by atoms with E-state index in [0.29, 0.717) is 44.0 Å². The van der Waals surface area contributed by atoms with Gasteiger partial charge in [-0.25, -0.2) is 17.9 Å². The van der Waals surface area contributed by atoms with Gasteiger partial charge < -0.3 is 14.8 Å². The third-order valence-electron chi connectivity index (χ3n) is 6.74. The predicted molar refractivity (Wildman–Crippen MR) is 138 cm³/mol. The highest BCUT2D eigenvalue weighted by atomic mass is 19.2. The number of hydrogen-bond acceptors (Lipinski definition) is 6. The van der Waals surface area contributed by atoms with E-state index < -0.39 is 17.5 Å². The fourth-order valence-electron chi connectivity index (χ4n) is 4.60. The summed E-state index contributed by atoms with van der Waals surface area (Å²) in [6.45, 7) is 3.02. The molecule has 1 aliphatic heterocycles. The summed E-state index contributed by atoms with van der Waals surface area (Å²) in [6.07, 6.45) is 3.53. The van der Waals surface area contributed by atoms with Crippen LogP contribution in [0.1, 0.15) is 36.5 Å². The van der Waals surface area contributed by atoms with E-state index in [4.69, 9.17) is 14.3 Å². The van der Waals surface area contributed by atoms with Crippen LogP contribution in [0.15, 0.2) is 54.7 Å². The number of benzene rings is 2. The van der Waals surface area contributed by atoms with Crippen molar-refractivity contribution in [2.45, 2.75) is 39.3 Å². The molecule has 0 radical (unpaired) electrons. The second kappa shape index (κ2) is 14.1. The van der Waals surface area contributed by atoms with Crippen LogP contribution in [0.2, 0.25) is 0 Å². The minimum absolute atomic E-state index is 0.0695. The fourth-order valence-corrected chi connectivity index (χ4v) is 4.60. The summed E-state index contributed by atoms with van der Waals surface area (Å²) < 4.78 is 48.3. The summed E-state index contributed by atoms with van der Waals surface area (Å²) in [6, 6.07) is 13.0. The largest absolute Gasteiger partial charge is 0.711 e. The number of hydrogen-bond donors (Lipinski definition) is 0. The first-order valence-electron chi connectivity index (χ1n) is 12.7. The fraction of sp³-hybridized carbons (Fsp3) is 0.345. The summed E-state index contributed by atoms with van der Waals surface area (Å²) in [5.74, 6) is -3.31. The van der Waals surface area contributed by atoms with Crippen LogP contribution < -0.4 is 14.4 Å². The van der Waals surface area contributed by atoms with E-state index in [0.717, 1.165) is 21.9 Å². The maximum Gasteiger partial charge on any atom is 0.373 e. The number of ether oxygens (including phenoxy) is 1. The third kappa shape index (κ3) is 7.39. The van der Waals surface area contributed by atoms with Crippen molar-refractivity contribution in [2.24, 2.45) is 5.92 Å². The van der Waals surface area contributed by atoms with E-state index in [9.17, 15) is 23.2 Å². The summed E-state index contributed by atoms with van der Waals surface area (Å²) in [5, 5.41) is 11.9. The van der Waals surface area contributed by atoms with E-state index in [1.54, 1.807) is 12.1 Å². The molecule has 40 heavy (non-hydrogen) atoms. The minimum Gasteiger partial charge on any atom is -0.711 e. The van der Waals surface area contributed by atoms with Crippen molar-refractivity contribution >= 4 is 17.9 Å². The van der Waals surface area contributed by atoms with Gasteiger partial charge >= 0.3 is 6.15 Å². The van der Waals surface area contributed by atoms with Gasteiger partial charge in [0.15, 0.2) is 17.5 Å². The van der Waals surface area contributed by atoms with Gasteiger partial charge in [-0.15, -0.1) is 0 Å². The molecule has 0 saturated heterocycles. The molecule has 2 heterocycles. The lowest BCUT2D eigenvalue weighted by Crippen LogP contribution is -2.36. The maximum absolute atomic E-state index is 14.4. The average Bonchev–Trinajstić information content (AvgIpc) is 3.07. The first-order chi connectivity index (χ1) is 19.2. The molecule has 4 rings (SSSR count). The molecular weight excluding hydrogens is 527 g/mol. The monoisotopic (exact) mass is 557 g/mol. The Kier molecular flexibility index (Phi) is 10.7. The van der Waals surface area contributed by atoms with Gasteiger partial charge in [0.05, 0.1) is 26.4 Å². The van der Waals surface area contributed by atoms with Crippen LogP contribution in [0.5, 0.6) is 5.75 Å². The van der Waals surface area contributed by atoms with Crippen LogP contribution >= 0.6 is 0 Å². The van der Waals surface area contributed by atoms with Crippen molar-refractivity contribution in [3.63, 3.8) is 0 Å². The zero-order valence-corrected chi connectivity index (χ0v) is 22.2. The van der Waals surface area contributed by atoms with Crippen LogP contribution in [-0.2, 0) is 33.9 Å². The Hall–Kier alpha value is -4.37. The molecule has 0 bridgehead atoms. The lowest BCUT2D eigenvalue weighted by Gasteiger charge is -2.24. The molecule has 1 unspecified atom stereocenters. The van der Waals surface area contributed by atoms with Gasteiger partial charge in [0.25, 0.3) is 5.82 Å². The van der Waals surface area contributed by atoms with Crippen molar-refractivity contribution < 1.29 is 37.0 Å². The van der Waals surface area contributed by atoms with Crippen molar-refractivity contribution in [2.75, 3.05) is 25.1 Å². The van der Waals surface area contributed by atoms with Gasteiger partial charge in [-0.05, 0) is 48.2 Å². The molecule has 3 aromatic rings.